The van der Waals surface area contributed by atoms with Crippen molar-refractivity contribution < 1.29 is 24.0 Å². The van der Waals surface area contributed by atoms with Crippen molar-refractivity contribution in [2.24, 2.45) is 10.8 Å². The molecule has 2 aromatic rings. The van der Waals surface area contributed by atoms with Gasteiger partial charge in [0.2, 0.25) is 11.8 Å². The molecule has 0 aromatic heterocycles. The highest BCUT2D eigenvalue weighted by Gasteiger charge is 2.37. The third-order valence-corrected chi connectivity index (χ3v) is 5.08. The van der Waals surface area contributed by atoms with E-state index in [1.807, 2.05) is 0 Å². The minimum absolute atomic E-state index is 0.0347. The van der Waals surface area contributed by atoms with Gasteiger partial charge in [-0.1, -0.05) is 53.7 Å². The van der Waals surface area contributed by atoms with Crippen LogP contribution in [0.5, 0.6) is 0 Å². The van der Waals surface area contributed by atoms with Crippen molar-refractivity contribution in [2.75, 3.05) is 10.6 Å². The van der Waals surface area contributed by atoms with Gasteiger partial charge in [-0.3, -0.25) is 29.4 Å². The Kier molecular flexibility index (Phi) is 6.33. The Morgan fingerprint density at radius 2 is 1.12 bits per heavy atom. The van der Waals surface area contributed by atoms with Gasteiger partial charge in [0, 0.05) is 27.8 Å². The number of carbonyl (C=O) groups is 5. The van der Waals surface area contributed by atoms with Crippen molar-refractivity contribution in [1.82, 2.24) is 10.4 Å². The summed E-state index contributed by atoms with van der Waals surface area (Å²) in [5.41, 5.74) is 1.90. The number of nitrogens with one attached hydrogen (secondary N) is 3. The molecule has 0 saturated carbocycles. The second-order valence-corrected chi connectivity index (χ2v) is 10.1. The van der Waals surface area contributed by atoms with Crippen LogP contribution in [-0.2, 0) is 9.59 Å². The van der Waals surface area contributed by atoms with Crippen molar-refractivity contribution in [3.63, 3.8) is 0 Å². The molecule has 178 valence electrons. The van der Waals surface area contributed by atoms with Crippen LogP contribution in [0.3, 0.4) is 0 Å². The molecule has 1 heterocycles. The van der Waals surface area contributed by atoms with E-state index in [1.54, 1.807) is 53.7 Å². The Morgan fingerprint density at radius 3 is 1.50 bits per heavy atom. The monoisotopic (exact) mass is 464 g/mol. The Hall–Kier alpha value is -4.01. The highest BCUT2D eigenvalue weighted by atomic mass is 16.2. The van der Waals surface area contributed by atoms with Crippen LogP contribution in [0, 0.1) is 10.8 Å². The molecule has 34 heavy (non-hydrogen) atoms. The molecule has 0 saturated heterocycles. The van der Waals surface area contributed by atoms with E-state index in [0.29, 0.717) is 5.01 Å². The molecule has 0 spiro atoms. The van der Waals surface area contributed by atoms with Crippen LogP contribution in [0.2, 0.25) is 0 Å². The summed E-state index contributed by atoms with van der Waals surface area (Å²) in [6, 6.07) is 10.6. The molecule has 1 aliphatic heterocycles. The summed E-state index contributed by atoms with van der Waals surface area (Å²) >= 11 is 0. The maximum Gasteiger partial charge on any atom is 0.280 e. The van der Waals surface area contributed by atoms with Crippen LogP contribution in [-0.4, -0.2) is 34.5 Å². The first kappa shape index (κ1) is 24.6. The minimum atomic E-state index is -0.757. The van der Waals surface area contributed by atoms with E-state index in [1.165, 1.54) is 30.3 Å². The molecular weight excluding hydrogens is 436 g/mol. The average molecular weight is 465 g/mol. The fourth-order valence-corrected chi connectivity index (χ4v) is 3.00. The molecule has 0 atom stereocenters. The molecule has 0 radical (unpaired) electrons. The van der Waals surface area contributed by atoms with E-state index < -0.39 is 28.6 Å². The summed E-state index contributed by atoms with van der Waals surface area (Å²) in [6.07, 6.45) is 0. The molecule has 0 unspecified atom stereocenters. The van der Waals surface area contributed by atoms with Crippen molar-refractivity contribution in [3.05, 3.63) is 59.2 Å². The van der Waals surface area contributed by atoms with E-state index in [2.05, 4.69) is 16.1 Å². The van der Waals surface area contributed by atoms with Gasteiger partial charge in [-0.05, 0) is 30.3 Å². The van der Waals surface area contributed by atoms with Gasteiger partial charge < -0.3 is 10.6 Å². The molecule has 2 aromatic carbocycles. The molecule has 3 rings (SSSR count). The second-order valence-electron chi connectivity index (χ2n) is 10.1. The van der Waals surface area contributed by atoms with Crippen LogP contribution in [0.4, 0.5) is 11.4 Å². The maximum absolute atomic E-state index is 13.0. The average Bonchev–Trinajstić information content (AvgIpc) is 2.97. The summed E-state index contributed by atoms with van der Waals surface area (Å²) in [6.45, 7) is 10.4. The van der Waals surface area contributed by atoms with Crippen LogP contribution >= 0.6 is 0 Å². The first-order valence-electron chi connectivity index (χ1n) is 10.8. The fourth-order valence-electron chi connectivity index (χ4n) is 3.00. The molecule has 9 heteroatoms. The van der Waals surface area contributed by atoms with E-state index >= 15 is 0 Å². The SMILES string of the molecule is CC(C)(C)C(=O)Nc1cc(NC(=O)C(C)(C)C)cc(C(=O)NN2C(=O)c3ccccc3C2=O)c1. The van der Waals surface area contributed by atoms with Crippen LogP contribution in [0.25, 0.3) is 0 Å². The lowest BCUT2D eigenvalue weighted by atomic mass is 9.95. The Balaban J connectivity index is 1.92. The minimum Gasteiger partial charge on any atom is -0.326 e. The molecular formula is C25H28N4O5. The number of anilines is 2. The van der Waals surface area contributed by atoms with Gasteiger partial charge >= 0.3 is 0 Å². The van der Waals surface area contributed by atoms with Gasteiger partial charge in [0.25, 0.3) is 17.7 Å². The predicted molar refractivity (Wildman–Crippen MR) is 127 cm³/mol. The zero-order chi connectivity index (χ0) is 25.4. The first-order valence-corrected chi connectivity index (χ1v) is 10.8. The van der Waals surface area contributed by atoms with Crippen molar-refractivity contribution in [2.45, 2.75) is 41.5 Å². The second kappa shape index (κ2) is 8.74. The van der Waals surface area contributed by atoms with Gasteiger partial charge in [0.1, 0.15) is 0 Å². The lowest BCUT2D eigenvalue weighted by Gasteiger charge is -2.21. The zero-order valence-corrected chi connectivity index (χ0v) is 20.0. The third-order valence-electron chi connectivity index (χ3n) is 5.08. The largest absolute Gasteiger partial charge is 0.326 e. The number of rotatable bonds is 4. The predicted octanol–water partition coefficient (Wildman–Crippen LogP) is 3.60. The number of amides is 5. The quantitative estimate of drug-likeness (QED) is 0.597. The molecule has 1 aliphatic rings. The number of hydrogen-bond acceptors (Lipinski definition) is 5. The smallest absolute Gasteiger partial charge is 0.280 e. The maximum atomic E-state index is 13.0. The number of carbonyl (C=O) groups excluding carboxylic acids is 5. The number of hydrazine groups is 1. The van der Waals surface area contributed by atoms with Gasteiger partial charge in [-0.2, -0.15) is 5.01 Å². The van der Waals surface area contributed by atoms with E-state index in [-0.39, 0.29) is 39.9 Å². The molecule has 3 N–H and O–H groups in total. The highest BCUT2D eigenvalue weighted by molar-refractivity contribution is 6.22. The summed E-state index contributed by atoms with van der Waals surface area (Å²) < 4.78 is 0. The van der Waals surface area contributed by atoms with Gasteiger partial charge in [0.05, 0.1) is 11.1 Å². The zero-order valence-electron chi connectivity index (χ0n) is 20.0. The van der Waals surface area contributed by atoms with E-state index in [9.17, 15) is 24.0 Å². The Morgan fingerprint density at radius 1 is 0.706 bits per heavy atom. The number of benzene rings is 2. The highest BCUT2D eigenvalue weighted by Crippen LogP contribution is 2.26. The molecule has 0 fully saturated rings. The van der Waals surface area contributed by atoms with E-state index in [0.717, 1.165) is 0 Å². The van der Waals surface area contributed by atoms with Gasteiger partial charge in [0.15, 0.2) is 0 Å². The topological polar surface area (TPSA) is 125 Å². The molecule has 9 nitrogen and oxygen atoms in total. The van der Waals surface area contributed by atoms with Crippen molar-refractivity contribution in [1.29, 1.82) is 0 Å². The number of imide groups is 1. The van der Waals surface area contributed by atoms with Gasteiger partial charge in [-0.15, -0.1) is 0 Å². The van der Waals surface area contributed by atoms with E-state index in [4.69, 9.17) is 0 Å². The summed E-state index contributed by atoms with van der Waals surface area (Å²) in [5.74, 6) is -2.63. The van der Waals surface area contributed by atoms with Crippen molar-refractivity contribution in [3.8, 4) is 0 Å². The van der Waals surface area contributed by atoms with Crippen molar-refractivity contribution >= 4 is 40.9 Å². The number of fused-ring (bicyclic) bond motifs is 1. The first-order chi connectivity index (χ1) is 15.7. The standard InChI is InChI=1S/C25H28N4O5/c1-24(2,3)22(33)26-15-11-14(12-16(13-15)27-23(34)25(4,5)6)19(30)28-29-20(31)17-9-7-8-10-18(17)21(29)32/h7-13H,1-6H3,(H,26,33)(H,27,34)(H,28,30). The summed E-state index contributed by atoms with van der Waals surface area (Å²) in [5, 5.41) is 6.13. The summed E-state index contributed by atoms with van der Waals surface area (Å²) in [7, 11) is 0. The van der Waals surface area contributed by atoms with Crippen LogP contribution < -0.4 is 16.1 Å². The van der Waals surface area contributed by atoms with Crippen LogP contribution in [0.1, 0.15) is 72.6 Å². The fraction of sp³-hybridized carbons (Fsp3) is 0.320. The number of hydrogen-bond donors (Lipinski definition) is 3. The molecule has 0 aliphatic carbocycles. The Bertz CT molecular complexity index is 1120. The van der Waals surface area contributed by atoms with Gasteiger partial charge in [-0.25, -0.2) is 0 Å². The molecule has 0 bridgehead atoms. The normalized spacial score (nSPS) is 13.4. The molecule has 5 amide bonds. The lowest BCUT2D eigenvalue weighted by molar-refractivity contribution is -0.123. The Labute approximate surface area is 197 Å². The third kappa shape index (κ3) is 5.14. The lowest BCUT2D eigenvalue weighted by Crippen LogP contribution is -2.45. The van der Waals surface area contributed by atoms with Crippen LogP contribution in [0.15, 0.2) is 42.5 Å². The summed E-state index contributed by atoms with van der Waals surface area (Å²) in [4.78, 5) is 63.2. The number of nitrogens with zero attached hydrogens (tertiary/aromatic N) is 1.